The van der Waals surface area contributed by atoms with Crippen LogP contribution < -0.4 is 16.0 Å². The van der Waals surface area contributed by atoms with Gasteiger partial charge in [-0.3, -0.25) is 4.79 Å². The molecule has 1 amide bonds. The van der Waals surface area contributed by atoms with Crippen LogP contribution in [0, 0.1) is 6.92 Å². The Morgan fingerprint density at radius 2 is 2.00 bits per heavy atom. The molecule has 1 fully saturated rings. The Hall–Kier alpha value is -3.43. The normalized spacial score (nSPS) is 14.7. The lowest BCUT2D eigenvalue weighted by Crippen LogP contribution is -2.60. The van der Waals surface area contributed by atoms with Gasteiger partial charge in [0.05, 0.1) is 17.9 Å². The number of nitrogens with one attached hydrogen (secondary N) is 1. The SMILES string of the molecule is Cc1c(/C=C/C=O)cnn1-c1cc(N2CC(NC(=O)OC(C)(C)C)C2)nc(N)n1. The smallest absolute Gasteiger partial charge is 0.407 e. The summed E-state index contributed by atoms with van der Waals surface area (Å²) in [5, 5.41) is 7.16. The number of hydrogen-bond donors (Lipinski definition) is 2. The van der Waals surface area contributed by atoms with Gasteiger partial charge in [-0.05, 0) is 39.8 Å². The lowest BCUT2D eigenvalue weighted by molar-refractivity contribution is -0.104. The predicted octanol–water partition coefficient (Wildman–Crippen LogP) is 1.48. The summed E-state index contributed by atoms with van der Waals surface area (Å²) >= 11 is 0. The summed E-state index contributed by atoms with van der Waals surface area (Å²) in [4.78, 5) is 33.0. The number of anilines is 2. The molecule has 1 saturated heterocycles. The highest BCUT2D eigenvalue weighted by Crippen LogP contribution is 2.23. The highest BCUT2D eigenvalue weighted by Gasteiger charge is 2.31. The minimum absolute atomic E-state index is 0.0315. The second kappa shape index (κ2) is 7.90. The maximum absolute atomic E-state index is 11.9. The number of aromatic nitrogens is 4. The summed E-state index contributed by atoms with van der Waals surface area (Å²) < 4.78 is 6.91. The van der Waals surface area contributed by atoms with Crippen LogP contribution in [-0.2, 0) is 9.53 Å². The summed E-state index contributed by atoms with van der Waals surface area (Å²) in [5.74, 6) is 1.30. The summed E-state index contributed by atoms with van der Waals surface area (Å²) in [6.45, 7) is 8.51. The maximum Gasteiger partial charge on any atom is 0.407 e. The minimum atomic E-state index is -0.537. The predicted molar refractivity (Wildman–Crippen MR) is 109 cm³/mol. The molecule has 10 heteroatoms. The molecule has 3 N–H and O–H groups in total. The molecule has 0 bridgehead atoms. The third kappa shape index (κ3) is 4.89. The highest BCUT2D eigenvalue weighted by molar-refractivity contribution is 5.74. The number of ether oxygens (including phenoxy) is 1. The number of nitrogens with zero attached hydrogens (tertiary/aromatic N) is 5. The largest absolute Gasteiger partial charge is 0.444 e. The Kier molecular flexibility index (Phi) is 5.53. The Morgan fingerprint density at radius 3 is 2.66 bits per heavy atom. The van der Waals surface area contributed by atoms with Crippen LogP contribution in [-0.4, -0.2) is 56.9 Å². The minimum Gasteiger partial charge on any atom is -0.444 e. The molecule has 0 aromatic carbocycles. The number of alkyl carbamates (subject to hydrolysis) is 1. The van der Waals surface area contributed by atoms with Crippen molar-refractivity contribution in [1.82, 2.24) is 25.1 Å². The van der Waals surface area contributed by atoms with Gasteiger partial charge in [-0.25, -0.2) is 9.48 Å². The van der Waals surface area contributed by atoms with Crippen LogP contribution in [0.3, 0.4) is 0 Å². The van der Waals surface area contributed by atoms with Gasteiger partial charge in [-0.1, -0.05) is 0 Å². The molecular formula is C19H25N7O3. The van der Waals surface area contributed by atoms with Crippen molar-refractivity contribution in [3.63, 3.8) is 0 Å². The number of amides is 1. The van der Waals surface area contributed by atoms with E-state index in [1.165, 1.54) is 6.08 Å². The molecule has 1 aliphatic rings. The van der Waals surface area contributed by atoms with E-state index < -0.39 is 11.7 Å². The van der Waals surface area contributed by atoms with Gasteiger partial charge in [0, 0.05) is 24.7 Å². The molecule has 1 aliphatic heterocycles. The van der Waals surface area contributed by atoms with E-state index >= 15 is 0 Å². The highest BCUT2D eigenvalue weighted by atomic mass is 16.6. The summed E-state index contributed by atoms with van der Waals surface area (Å²) in [5.41, 5.74) is 6.98. The molecule has 3 rings (SSSR count). The monoisotopic (exact) mass is 399 g/mol. The number of nitrogen functional groups attached to an aromatic ring is 1. The molecule has 2 aromatic rings. The molecule has 29 heavy (non-hydrogen) atoms. The Labute approximate surface area is 168 Å². The van der Waals surface area contributed by atoms with Crippen molar-refractivity contribution in [3.05, 3.63) is 29.6 Å². The Balaban J connectivity index is 1.70. The lowest BCUT2D eigenvalue weighted by atomic mass is 10.1. The Bertz CT molecular complexity index is 940. The van der Waals surface area contributed by atoms with E-state index in [0.717, 1.165) is 11.3 Å². The number of carbonyl (C=O) groups is 2. The van der Waals surface area contributed by atoms with Gasteiger partial charge < -0.3 is 20.7 Å². The number of nitrogens with two attached hydrogens (primary N) is 1. The molecule has 2 aromatic heterocycles. The number of aldehydes is 1. The molecule has 0 atom stereocenters. The van der Waals surface area contributed by atoms with E-state index in [9.17, 15) is 9.59 Å². The summed E-state index contributed by atoms with van der Waals surface area (Å²) in [6.07, 6.45) is 5.01. The van der Waals surface area contributed by atoms with E-state index in [2.05, 4.69) is 20.4 Å². The molecule has 0 aliphatic carbocycles. The molecule has 3 heterocycles. The molecule has 0 unspecified atom stereocenters. The van der Waals surface area contributed by atoms with Crippen molar-refractivity contribution in [1.29, 1.82) is 0 Å². The quantitative estimate of drug-likeness (QED) is 0.571. The van der Waals surface area contributed by atoms with Gasteiger partial charge in [0.15, 0.2) is 5.82 Å². The van der Waals surface area contributed by atoms with Crippen LogP contribution in [0.1, 0.15) is 32.0 Å². The zero-order chi connectivity index (χ0) is 21.2. The fourth-order valence-corrected chi connectivity index (χ4v) is 2.90. The molecule has 0 radical (unpaired) electrons. The first kappa shape index (κ1) is 20.3. The number of rotatable bonds is 5. The first-order chi connectivity index (χ1) is 13.7. The molecule has 0 saturated carbocycles. The second-order valence-electron chi connectivity index (χ2n) is 7.78. The van der Waals surface area contributed by atoms with Crippen LogP contribution >= 0.6 is 0 Å². The fourth-order valence-electron chi connectivity index (χ4n) is 2.90. The standard InChI is InChI=1S/C19H25N7O3/c1-12-13(6-5-7-27)9-21-26(12)16-8-15(23-17(20)24-16)25-10-14(11-25)22-18(28)29-19(2,3)4/h5-9,14H,10-11H2,1-4H3,(H,22,28)(H2,20,23,24)/b6-5+. The van der Waals surface area contributed by atoms with Crippen molar-refractivity contribution in [2.75, 3.05) is 23.7 Å². The van der Waals surface area contributed by atoms with Gasteiger partial charge in [0.2, 0.25) is 5.95 Å². The molecule has 0 spiro atoms. The number of carbonyl (C=O) groups excluding carboxylic acids is 2. The number of hydrogen-bond acceptors (Lipinski definition) is 8. The zero-order valence-electron chi connectivity index (χ0n) is 16.9. The van der Waals surface area contributed by atoms with Crippen LogP contribution in [0.25, 0.3) is 11.9 Å². The van der Waals surface area contributed by atoms with E-state index in [1.807, 2.05) is 32.6 Å². The average Bonchev–Trinajstić information content (AvgIpc) is 2.94. The van der Waals surface area contributed by atoms with Gasteiger partial charge in [0.1, 0.15) is 17.7 Å². The van der Waals surface area contributed by atoms with Gasteiger partial charge in [-0.2, -0.15) is 15.1 Å². The van der Waals surface area contributed by atoms with Crippen LogP contribution in [0.5, 0.6) is 0 Å². The van der Waals surface area contributed by atoms with Gasteiger partial charge in [0.25, 0.3) is 0 Å². The third-order valence-electron chi connectivity index (χ3n) is 4.26. The van der Waals surface area contributed by atoms with Crippen molar-refractivity contribution in [2.24, 2.45) is 0 Å². The topological polar surface area (TPSA) is 128 Å². The second-order valence-corrected chi connectivity index (χ2v) is 7.78. The van der Waals surface area contributed by atoms with E-state index in [1.54, 1.807) is 23.0 Å². The summed E-state index contributed by atoms with van der Waals surface area (Å²) in [6, 6.07) is 1.75. The van der Waals surface area contributed by atoms with E-state index in [4.69, 9.17) is 10.5 Å². The van der Waals surface area contributed by atoms with Gasteiger partial charge >= 0.3 is 6.09 Å². The lowest BCUT2D eigenvalue weighted by Gasteiger charge is -2.40. The summed E-state index contributed by atoms with van der Waals surface area (Å²) in [7, 11) is 0. The van der Waals surface area contributed by atoms with E-state index in [0.29, 0.717) is 31.0 Å². The maximum atomic E-state index is 11.9. The third-order valence-corrected chi connectivity index (χ3v) is 4.26. The van der Waals surface area contributed by atoms with Crippen LogP contribution in [0.2, 0.25) is 0 Å². The average molecular weight is 399 g/mol. The number of allylic oxidation sites excluding steroid dienone is 1. The first-order valence-corrected chi connectivity index (χ1v) is 9.22. The molecule has 10 nitrogen and oxygen atoms in total. The molecular weight excluding hydrogens is 374 g/mol. The van der Waals surface area contributed by atoms with Crippen molar-refractivity contribution < 1.29 is 14.3 Å². The Morgan fingerprint density at radius 1 is 1.31 bits per heavy atom. The van der Waals surface area contributed by atoms with Crippen molar-refractivity contribution >= 4 is 30.2 Å². The van der Waals surface area contributed by atoms with E-state index in [-0.39, 0.29) is 12.0 Å². The van der Waals surface area contributed by atoms with Crippen molar-refractivity contribution in [3.8, 4) is 5.82 Å². The van der Waals surface area contributed by atoms with Crippen molar-refractivity contribution in [2.45, 2.75) is 39.3 Å². The fraction of sp³-hybridized carbons (Fsp3) is 0.421. The molecule has 154 valence electrons. The van der Waals surface area contributed by atoms with Gasteiger partial charge in [-0.15, -0.1) is 0 Å². The zero-order valence-corrected chi connectivity index (χ0v) is 16.9. The first-order valence-electron chi connectivity index (χ1n) is 9.22. The van der Waals surface area contributed by atoms with Crippen LogP contribution in [0.15, 0.2) is 18.3 Å². The van der Waals surface area contributed by atoms with Crippen LogP contribution in [0.4, 0.5) is 16.6 Å².